The van der Waals surface area contributed by atoms with E-state index in [0.29, 0.717) is 6.42 Å². The van der Waals surface area contributed by atoms with Crippen molar-refractivity contribution in [3.05, 3.63) is 20.9 Å². The van der Waals surface area contributed by atoms with E-state index in [9.17, 15) is 14.7 Å². The van der Waals surface area contributed by atoms with Crippen molar-refractivity contribution in [2.45, 2.75) is 88.4 Å². The van der Waals surface area contributed by atoms with Crippen LogP contribution in [0.1, 0.15) is 41.0 Å². The van der Waals surface area contributed by atoms with E-state index in [4.69, 9.17) is 30.0 Å². The summed E-state index contributed by atoms with van der Waals surface area (Å²) >= 11 is 1.18. The average Bonchev–Trinajstić information content (AvgIpc) is 2.75. The first kappa shape index (κ1) is 27.0. The first-order valence-corrected chi connectivity index (χ1v) is 11.6. The van der Waals surface area contributed by atoms with Crippen LogP contribution in [0.2, 0.25) is 0 Å². The van der Waals surface area contributed by atoms with Crippen LogP contribution in [0, 0.1) is 11.8 Å². The summed E-state index contributed by atoms with van der Waals surface area (Å²) in [5.74, 6) is -1.90. The molecule has 2 heterocycles. The van der Waals surface area contributed by atoms with E-state index in [-0.39, 0.29) is 6.61 Å². The molecule has 14 heteroatoms. The minimum absolute atomic E-state index is 0.0729. The molecule has 2 saturated heterocycles. The van der Waals surface area contributed by atoms with Crippen LogP contribution in [0.5, 0.6) is 0 Å². The molecular formula is C19H30N6O7S. The van der Waals surface area contributed by atoms with E-state index in [2.05, 4.69) is 20.1 Å². The van der Waals surface area contributed by atoms with Gasteiger partial charge in [-0.25, -0.2) is 0 Å². The molecule has 0 aromatic carbocycles. The second-order valence-electron chi connectivity index (χ2n) is 8.11. The number of thioether (sulfide) groups is 1. The summed E-state index contributed by atoms with van der Waals surface area (Å²) < 4.78 is 22.8. The first-order chi connectivity index (χ1) is 15.6. The van der Waals surface area contributed by atoms with E-state index in [1.807, 2.05) is 6.92 Å². The molecule has 2 aliphatic rings. The van der Waals surface area contributed by atoms with Crippen molar-refractivity contribution < 1.29 is 33.6 Å². The maximum Gasteiger partial charge on any atom is 0.303 e. The third kappa shape index (κ3) is 6.66. The fourth-order valence-corrected chi connectivity index (χ4v) is 5.49. The molecule has 0 bridgehead atoms. The van der Waals surface area contributed by atoms with Gasteiger partial charge in [0, 0.05) is 29.6 Å². The van der Waals surface area contributed by atoms with Crippen molar-refractivity contribution in [1.82, 2.24) is 0 Å². The normalized spacial score (nSPS) is 38.4. The van der Waals surface area contributed by atoms with Crippen LogP contribution in [0.3, 0.4) is 0 Å². The van der Waals surface area contributed by atoms with E-state index < -0.39 is 71.1 Å². The summed E-state index contributed by atoms with van der Waals surface area (Å²) in [4.78, 5) is 28.9. The Morgan fingerprint density at radius 2 is 1.61 bits per heavy atom. The van der Waals surface area contributed by atoms with Gasteiger partial charge in [-0.3, -0.25) is 9.59 Å². The molecule has 2 rings (SSSR count). The Labute approximate surface area is 195 Å². The van der Waals surface area contributed by atoms with Crippen molar-refractivity contribution in [2.75, 3.05) is 6.61 Å². The number of hydrogen-bond acceptors (Lipinski definition) is 10. The first-order valence-electron chi connectivity index (χ1n) is 10.7. The Hall–Kier alpha value is -2.21. The predicted molar refractivity (Wildman–Crippen MR) is 118 cm³/mol. The standard InChI is InChI=1S/C19H30N6O7S/c1-6-12-16(28)14(22-24-20)9(3)18(31-12)33-19-17(30-11(5)27)15(23-25-21)8(2)13(32-19)7-29-10(4)26/h8-9,12-19,28H,6-7H2,1-5H3/t8-,9+,12?,13?,14?,15-,16-,17?,18-,19-/m0/s1. The summed E-state index contributed by atoms with van der Waals surface area (Å²) in [6.07, 6.45) is -2.63. The monoisotopic (exact) mass is 486 g/mol. The van der Waals surface area contributed by atoms with E-state index in [0.717, 1.165) is 0 Å². The van der Waals surface area contributed by atoms with Gasteiger partial charge in [0.05, 0.1) is 30.4 Å². The predicted octanol–water partition coefficient (Wildman–Crippen LogP) is 3.07. The van der Waals surface area contributed by atoms with E-state index >= 15 is 0 Å². The fourth-order valence-electron chi connectivity index (χ4n) is 4.03. The van der Waals surface area contributed by atoms with Gasteiger partial charge < -0.3 is 24.1 Å². The minimum atomic E-state index is -0.970. The molecule has 0 spiro atoms. The summed E-state index contributed by atoms with van der Waals surface area (Å²) in [6, 6.07) is -1.52. The zero-order chi connectivity index (χ0) is 24.7. The summed E-state index contributed by atoms with van der Waals surface area (Å²) in [7, 11) is 0. The van der Waals surface area contributed by atoms with Crippen LogP contribution >= 0.6 is 11.8 Å². The molecule has 13 nitrogen and oxygen atoms in total. The van der Waals surface area contributed by atoms with Crippen molar-refractivity contribution in [3.63, 3.8) is 0 Å². The molecule has 0 saturated carbocycles. The highest BCUT2D eigenvalue weighted by Gasteiger charge is 2.50. The Balaban J connectivity index is 2.36. The van der Waals surface area contributed by atoms with Gasteiger partial charge in [0.15, 0.2) is 0 Å². The van der Waals surface area contributed by atoms with Gasteiger partial charge in [0.25, 0.3) is 0 Å². The number of azide groups is 2. The molecule has 0 aliphatic carbocycles. The smallest absolute Gasteiger partial charge is 0.303 e. The highest BCUT2D eigenvalue weighted by Crippen LogP contribution is 2.42. The van der Waals surface area contributed by atoms with Gasteiger partial charge in [-0.2, -0.15) is 0 Å². The largest absolute Gasteiger partial charge is 0.463 e. The lowest BCUT2D eigenvalue weighted by Crippen LogP contribution is -2.56. The second-order valence-corrected chi connectivity index (χ2v) is 9.31. The lowest BCUT2D eigenvalue weighted by molar-refractivity contribution is -0.177. The molecule has 0 amide bonds. The van der Waals surface area contributed by atoms with Crippen molar-refractivity contribution in [3.8, 4) is 0 Å². The van der Waals surface area contributed by atoms with Crippen LogP contribution in [0.15, 0.2) is 10.2 Å². The Kier molecular flexibility index (Phi) is 10.1. The highest BCUT2D eigenvalue weighted by molar-refractivity contribution is 8.00. The lowest BCUT2D eigenvalue weighted by atomic mass is 9.89. The summed E-state index contributed by atoms with van der Waals surface area (Å²) in [5.41, 5.74) is 16.6. The van der Waals surface area contributed by atoms with Gasteiger partial charge in [0.2, 0.25) is 0 Å². The molecule has 1 N–H and O–H groups in total. The lowest BCUT2D eigenvalue weighted by Gasteiger charge is -2.47. The van der Waals surface area contributed by atoms with Crippen LogP contribution in [-0.4, -0.2) is 71.0 Å². The number of carbonyl (C=O) groups is 2. The van der Waals surface area contributed by atoms with Gasteiger partial charge >= 0.3 is 11.9 Å². The molecule has 2 aliphatic heterocycles. The van der Waals surface area contributed by atoms with Crippen molar-refractivity contribution >= 4 is 23.7 Å². The number of hydrogen-bond donors (Lipinski definition) is 1. The SMILES string of the molecule is CCC1O[C@@H](S[C@@H]2OC(COC(C)=O)[C@H](C)[C@H](N=[N+]=[N-])C2OC(C)=O)[C@H](C)C(N=[N+]=[N-])[C@H]1O. The maximum absolute atomic E-state index is 11.8. The number of ether oxygens (including phenoxy) is 4. The molecule has 4 unspecified atom stereocenters. The Bertz CT molecular complexity index is 806. The number of aliphatic hydroxyl groups excluding tert-OH is 1. The van der Waals surface area contributed by atoms with Crippen molar-refractivity contribution in [2.24, 2.45) is 22.1 Å². The number of aliphatic hydroxyl groups is 1. The summed E-state index contributed by atoms with van der Waals surface area (Å²) in [5, 5.41) is 18.1. The average molecular weight is 487 g/mol. The van der Waals surface area contributed by atoms with Crippen LogP contribution in [0.4, 0.5) is 0 Å². The fraction of sp³-hybridized carbons (Fsp3) is 0.895. The number of esters is 2. The number of rotatable bonds is 8. The molecule has 184 valence electrons. The zero-order valence-electron chi connectivity index (χ0n) is 19.2. The number of carbonyl (C=O) groups excluding carboxylic acids is 2. The molecule has 2 fully saturated rings. The summed E-state index contributed by atoms with van der Waals surface area (Å²) in [6.45, 7) is 7.81. The Morgan fingerprint density at radius 1 is 1.00 bits per heavy atom. The molecule has 33 heavy (non-hydrogen) atoms. The second kappa shape index (κ2) is 12.3. The van der Waals surface area contributed by atoms with Gasteiger partial charge in [-0.05, 0) is 23.4 Å². The quantitative estimate of drug-likeness (QED) is 0.234. The number of nitrogens with zero attached hydrogens (tertiary/aromatic N) is 6. The van der Waals surface area contributed by atoms with Gasteiger partial charge in [-0.15, -0.1) is 0 Å². The molecular weight excluding hydrogens is 456 g/mol. The van der Waals surface area contributed by atoms with Crippen LogP contribution in [-0.2, 0) is 28.5 Å². The van der Waals surface area contributed by atoms with Crippen LogP contribution < -0.4 is 0 Å². The van der Waals surface area contributed by atoms with Gasteiger partial charge in [0.1, 0.15) is 23.6 Å². The zero-order valence-corrected chi connectivity index (χ0v) is 20.0. The molecule has 10 atom stereocenters. The van der Waals surface area contributed by atoms with Crippen LogP contribution in [0.25, 0.3) is 20.9 Å². The molecule has 0 aromatic rings. The third-order valence-electron chi connectivity index (χ3n) is 5.84. The van der Waals surface area contributed by atoms with Gasteiger partial charge in [-0.1, -0.05) is 42.8 Å². The highest BCUT2D eigenvalue weighted by atomic mass is 32.2. The minimum Gasteiger partial charge on any atom is -0.463 e. The van der Waals surface area contributed by atoms with E-state index in [1.165, 1.54) is 25.6 Å². The Morgan fingerprint density at radius 3 is 2.15 bits per heavy atom. The van der Waals surface area contributed by atoms with E-state index in [1.54, 1.807) is 13.8 Å². The molecule has 0 aromatic heterocycles. The topological polar surface area (TPSA) is 189 Å². The third-order valence-corrected chi connectivity index (χ3v) is 7.30. The maximum atomic E-state index is 11.8. The molecule has 0 radical (unpaired) electrons. The van der Waals surface area contributed by atoms with Crippen molar-refractivity contribution in [1.29, 1.82) is 0 Å².